The van der Waals surface area contributed by atoms with Crippen LogP contribution in [0.4, 0.5) is 0 Å². The minimum Gasteiger partial charge on any atom is -0.497 e. The molecule has 0 saturated carbocycles. The Hall–Kier alpha value is -2.29. The third kappa shape index (κ3) is 4.55. The molecule has 0 unspecified atom stereocenters. The maximum atomic E-state index is 13.1. The molecule has 1 aliphatic heterocycles. The van der Waals surface area contributed by atoms with Crippen molar-refractivity contribution in [2.45, 2.75) is 36.7 Å². The Balaban J connectivity index is 1.80. The van der Waals surface area contributed by atoms with E-state index in [1.54, 1.807) is 32.4 Å². The van der Waals surface area contributed by atoms with E-state index in [1.807, 2.05) is 6.92 Å². The summed E-state index contributed by atoms with van der Waals surface area (Å²) >= 11 is 5.87. The van der Waals surface area contributed by atoms with Crippen LogP contribution in [0.2, 0.25) is 5.02 Å². The van der Waals surface area contributed by atoms with E-state index >= 15 is 0 Å². The van der Waals surface area contributed by atoms with Crippen molar-refractivity contribution in [2.75, 3.05) is 20.8 Å². The van der Waals surface area contributed by atoms with E-state index in [9.17, 15) is 13.2 Å². The predicted molar refractivity (Wildman–Crippen MR) is 114 cm³/mol. The van der Waals surface area contributed by atoms with Crippen LogP contribution in [0.25, 0.3) is 0 Å². The summed E-state index contributed by atoms with van der Waals surface area (Å²) in [7, 11) is -0.689. The predicted octanol–water partition coefficient (Wildman–Crippen LogP) is 3.39. The molecular formula is C21H25ClN2O5S. The zero-order chi connectivity index (χ0) is 21.9. The Labute approximate surface area is 182 Å². The number of hydrogen-bond acceptors (Lipinski definition) is 5. The lowest BCUT2D eigenvalue weighted by Gasteiger charge is -2.25. The molecule has 1 fully saturated rings. The van der Waals surface area contributed by atoms with Gasteiger partial charge in [-0.05, 0) is 62.2 Å². The van der Waals surface area contributed by atoms with Gasteiger partial charge in [0.1, 0.15) is 17.5 Å². The molecule has 0 radical (unpaired) electrons. The second kappa shape index (κ2) is 9.24. The van der Waals surface area contributed by atoms with Gasteiger partial charge in [0, 0.05) is 17.1 Å². The highest BCUT2D eigenvalue weighted by Gasteiger charge is 2.39. The second-order valence-corrected chi connectivity index (χ2v) is 9.39. The summed E-state index contributed by atoms with van der Waals surface area (Å²) in [6.07, 6.45) is 1.07. The molecule has 9 heteroatoms. The van der Waals surface area contributed by atoms with Crippen LogP contribution in [0.15, 0.2) is 47.4 Å². The van der Waals surface area contributed by atoms with Crippen LogP contribution in [0.5, 0.6) is 11.5 Å². The standard InChI is InChI=1S/C21H25ClN2O5S/c1-14(18-13-16(28-2)8-11-20(18)29-3)23-21(25)19-5-4-12-24(19)30(26,27)17-9-6-15(22)7-10-17/h6-11,13-14,19H,4-5,12H2,1-3H3,(H,23,25)/t14-,19+/m0/s1. The van der Waals surface area contributed by atoms with Gasteiger partial charge in [-0.1, -0.05) is 11.6 Å². The fourth-order valence-corrected chi connectivity index (χ4v) is 5.38. The first kappa shape index (κ1) is 22.4. The molecule has 1 heterocycles. The average molecular weight is 453 g/mol. The minimum absolute atomic E-state index is 0.120. The summed E-state index contributed by atoms with van der Waals surface area (Å²) in [4.78, 5) is 13.1. The molecule has 1 amide bonds. The van der Waals surface area contributed by atoms with Crippen molar-refractivity contribution in [3.05, 3.63) is 53.1 Å². The van der Waals surface area contributed by atoms with Gasteiger partial charge in [-0.3, -0.25) is 4.79 Å². The van der Waals surface area contributed by atoms with Crippen LogP contribution in [0.3, 0.4) is 0 Å². The van der Waals surface area contributed by atoms with E-state index < -0.39 is 22.1 Å². The van der Waals surface area contributed by atoms with Crippen LogP contribution < -0.4 is 14.8 Å². The van der Waals surface area contributed by atoms with Crippen molar-refractivity contribution in [1.29, 1.82) is 0 Å². The maximum Gasteiger partial charge on any atom is 0.243 e. The van der Waals surface area contributed by atoms with E-state index in [4.69, 9.17) is 21.1 Å². The summed E-state index contributed by atoms with van der Waals surface area (Å²) in [5.41, 5.74) is 0.746. The summed E-state index contributed by atoms with van der Waals surface area (Å²) in [6, 6.07) is 10.1. The van der Waals surface area contributed by atoms with E-state index in [2.05, 4.69) is 5.32 Å². The van der Waals surface area contributed by atoms with Crippen LogP contribution in [0.1, 0.15) is 31.4 Å². The molecule has 30 heavy (non-hydrogen) atoms. The summed E-state index contributed by atoms with van der Waals surface area (Å²) in [5, 5.41) is 3.37. The fraction of sp³-hybridized carbons (Fsp3) is 0.381. The molecule has 2 aromatic carbocycles. The Kier molecular flexibility index (Phi) is 6.90. The lowest BCUT2D eigenvalue weighted by molar-refractivity contribution is -0.124. The molecule has 0 aromatic heterocycles. The molecule has 3 rings (SSSR count). The third-order valence-corrected chi connectivity index (χ3v) is 7.36. The molecule has 1 N–H and O–H groups in total. The number of carbonyl (C=O) groups excluding carboxylic acids is 1. The summed E-state index contributed by atoms with van der Waals surface area (Å²) in [6.45, 7) is 2.11. The molecule has 2 atom stereocenters. The number of carbonyl (C=O) groups is 1. The summed E-state index contributed by atoms with van der Waals surface area (Å²) < 4.78 is 38.1. The van der Waals surface area contributed by atoms with Crippen LogP contribution in [-0.2, 0) is 14.8 Å². The molecular weight excluding hydrogens is 428 g/mol. The van der Waals surface area contributed by atoms with Gasteiger partial charge < -0.3 is 14.8 Å². The van der Waals surface area contributed by atoms with Gasteiger partial charge in [0.05, 0.1) is 25.2 Å². The minimum atomic E-state index is -3.80. The maximum absolute atomic E-state index is 13.1. The second-order valence-electron chi connectivity index (χ2n) is 7.07. The van der Waals surface area contributed by atoms with Gasteiger partial charge >= 0.3 is 0 Å². The Morgan fingerprint density at radius 1 is 1.17 bits per heavy atom. The number of sulfonamides is 1. The van der Waals surface area contributed by atoms with Crippen molar-refractivity contribution in [2.24, 2.45) is 0 Å². The number of benzene rings is 2. The SMILES string of the molecule is COc1ccc(OC)c([C@H](C)NC(=O)[C@H]2CCCN2S(=O)(=O)c2ccc(Cl)cc2)c1. The highest BCUT2D eigenvalue weighted by molar-refractivity contribution is 7.89. The smallest absolute Gasteiger partial charge is 0.243 e. The molecule has 0 aliphatic carbocycles. The average Bonchev–Trinajstić information content (AvgIpc) is 3.24. The van der Waals surface area contributed by atoms with Crippen molar-refractivity contribution in [3.8, 4) is 11.5 Å². The number of rotatable bonds is 7. The Morgan fingerprint density at radius 3 is 2.50 bits per heavy atom. The zero-order valence-electron chi connectivity index (χ0n) is 17.1. The molecule has 0 spiro atoms. The lowest BCUT2D eigenvalue weighted by atomic mass is 10.1. The van der Waals surface area contributed by atoms with E-state index in [1.165, 1.54) is 28.6 Å². The number of nitrogens with one attached hydrogen (secondary N) is 1. The quantitative estimate of drug-likeness (QED) is 0.696. The molecule has 7 nitrogen and oxygen atoms in total. The highest BCUT2D eigenvalue weighted by Crippen LogP contribution is 2.31. The van der Waals surface area contributed by atoms with Crippen molar-refractivity contribution in [1.82, 2.24) is 9.62 Å². The number of amides is 1. The van der Waals surface area contributed by atoms with Gasteiger partial charge in [0.25, 0.3) is 0 Å². The Bertz CT molecular complexity index is 1010. The molecule has 162 valence electrons. The molecule has 2 aromatic rings. The van der Waals surface area contributed by atoms with E-state index in [-0.39, 0.29) is 10.8 Å². The lowest BCUT2D eigenvalue weighted by Crippen LogP contribution is -2.46. The van der Waals surface area contributed by atoms with Crippen molar-refractivity contribution in [3.63, 3.8) is 0 Å². The number of ether oxygens (including phenoxy) is 2. The Morgan fingerprint density at radius 2 is 1.87 bits per heavy atom. The van der Waals surface area contributed by atoms with E-state index in [0.29, 0.717) is 35.9 Å². The van der Waals surface area contributed by atoms with Gasteiger partial charge in [-0.2, -0.15) is 4.31 Å². The first-order valence-corrected chi connectivity index (χ1v) is 11.4. The van der Waals surface area contributed by atoms with Crippen LogP contribution >= 0.6 is 11.6 Å². The van der Waals surface area contributed by atoms with Crippen LogP contribution in [-0.4, -0.2) is 45.4 Å². The first-order chi connectivity index (χ1) is 14.3. The van der Waals surface area contributed by atoms with Gasteiger partial charge in [0.15, 0.2) is 0 Å². The molecule has 0 bridgehead atoms. The first-order valence-electron chi connectivity index (χ1n) is 9.57. The largest absolute Gasteiger partial charge is 0.497 e. The third-order valence-electron chi connectivity index (χ3n) is 5.19. The zero-order valence-corrected chi connectivity index (χ0v) is 18.7. The normalized spacial score (nSPS) is 18.1. The number of halogens is 1. The van der Waals surface area contributed by atoms with Crippen molar-refractivity contribution < 1.29 is 22.7 Å². The topological polar surface area (TPSA) is 84.9 Å². The van der Waals surface area contributed by atoms with Gasteiger partial charge in [0.2, 0.25) is 15.9 Å². The van der Waals surface area contributed by atoms with E-state index in [0.717, 1.165) is 5.56 Å². The fourth-order valence-electron chi connectivity index (χ4n) is 3.60. The van der Waals surface area contributed by atoms with Gasteiger partial charge in [-0.25, -0.2) is 8.42 Å². The molecule has 1 saturated heterocycles. The highest BCUT2D eigenvalue weighted by atomic mass is 35.5. The monoisotopic (exact) mass is 452 g/mol. The van der Waals surface area contributed by atoms with Crippen LogP contribution in [0, 0.1) is 0 Å². The number of nitrogens with zero attached hydrogens (tertiary/aromatic N) is 1. The summed E-state index contributed by atoms with van der Waals surface area (Å²) in [5.74, 6) is 0.905. The number of methoxy groups -OCH3 is 2. The number of hydrogen-bond donors (Lipinski definition) is 1. The van der Waals surface area contributed by atoms with Gasteiger partial charge in [-0.15, -0.1) is 0 Å². The molecule has 1 aliphatic rings. The van der Waals surface area contributed by atoms with Crippen molar-refractivity contribution >= 4 is 27.5 Å².